The lowest BCUT2D eigenvalue weighted by Crippen LogP contribution is -2.32. The zero-order valence-corrected chi connectivity index (χ0v) is 16.9. The fourth-order valence-corrected chi connectivity index (χ4v) is 3.42. The van der Waals surface area contributed by atoms with Gasteiger partial charge in [0.15, 0.2) is 6.61 Å². The maximum Gasteiger partial charge on any atom is 0.325 e. The number of carbonyl (C=O) groups excluding carboxylic acids is 3. The van der Waals surface area contributed by atoms with Crippen LogP contribution in [0.5, 0.6) is 0 Å². The summed E-state index contributed by atoms with van der Waals surface area (Å²) >= 11 is 1.52. The molecule has 6 nitrogen and oxygen atoms in total. The SMILES string of the molecule is O=C(COC(=O)CNC(=O)c1ccccc1)Nc1ccccc1Sc1ccccc1. The van der Waals surface area contributed by atoms with Gasteiger partial charge in [0.05, 0.1) is 5.69 Å². The number of carbonyl (C=O) groups is 3. The minimum Gasteiger partial charge on any atom is -0.454 e. The molecule has 0 saturated heterocycles. The molecule has 3 rings (SSSR count). The van der Waals surface area contributed by atoms with Gasteiger partial charge in [-0.1, -0.05) is 60.3 Å². The molecule has 0 saturated carbocycles. The average molecular weight is 420 g/mol. The number of nitrogens with one attached hydrogen (secondary N) is 2. The molecule has 0 aliphatic heterocycles. The van der Waals surface area contributed by atoms with Crippen LogP contribution in [0.25, 0.3) is 0 Å². The first-order valence-electron chi connectivity index (χ1n) is 9.22. The first-order valence-corrected chi connectivity index (χ1v) is 10.0. The molecule has 3 aromatic rings. The minimum atomic E-state index is -0.693. The Kier molecular flexibility index (Phi) is 7.63. The van der Waals surface area contributed by atoms with E-state index in [0.717, 1.165) is 9.79 Å². The number of hydrogen-bond donors (Lipinski definition) is 2. The topological polar surface area (TPSA) is 84.5 Å². The molecule has 152 valence electrons. The molecule has 0 radical (unpaired) electrons. The summed E-state index contributed by atoms with van der Waals surface area (Å²) in [5, 5.41) is 5.21. The van der Waals surface area contributed by atoms with Crippen LogP contribution in [0.2, 0.25) is 0 Å². The van der Waals surface area contributed by atoms with Gasteiger partial charge in [-0.25, -0.2) is 0 Å². The largest absolute Gasteiger partial charge is 0.454 e. The van der Waals surface area contributed by atoms with Gasteiger partial charge in [-0.05, 0) is 36.4 Å². The Morgan fingerprint density at radius 2 is 1.43 bits per heavy atom. The molecule has 0 aliphatic carbocycles. The summed E-state index contributed by atoms with van der Waals surface area (Å²) in [6.07, 6.45) is 0. The molecule has 3 aromatic carbocycles. The Morgan fingerprint density at radius 3 is 2.17 bits per heavy atom. The van der Waals surface area contributed by atoms with Crippen molar-refractivity contribution in [2.45, 2.75) is 9.79 Å². The van der Waals surface area contributed by atoms with Crippen LogP contribution >= 0.6 is 11.8 Å². The van der Waals surface area contributed by atoms with E-state index in [0.29, 0.717) is 11.3 Å². The molecule has 7 heteroatoms. The molecule has 0 heterocycles. The molecule has 0 fully saturated rings. The maximum atomic E-state index is 12.2. The van der Waals surface area contributed by atoms with Crippen molar-refractivity contribution in [1.82, 2.24) is 5.32 Å². The highest BCUT2D eigenvalue weighted by atomic mass is 32.2. The third-order valence-electron chi connectivity index (χ3n) is 3.93. The monoisotopic (exact) mass is 420 g/mol. The molecule has 0 spiro atoms. The van der Waals surface area contributed by atoms with Crippen molar-refractivity contribution in [3.63, 3.8) is 0 Å². The first kappa shape index (κ1) is 21.1. The summed E-state index contributed by atoms with van der Waals surface area (Å²) in [6.45, 7) is -0.758. The first-order chi connectivity index (χ1) is 14.6. The van der Waals surface area contributed by atoms with Crippen LogP contribution in [0.4, 0.5) is 5.69 Å². The molecule has 2 N–H and O–H groups in total. The Morgan fingerprint density at radius 1 is 0.800 bits per heavy atom. The second-order valence-electron chi connectivity index (χ2n) is 6.17. The fourth-order valence-electron chi connectivity index (χ4n) is 2.50. The van der Waals surface area contributed by atoms with Gasteiger partial charge < -0.3 is 15.4 Å². The normalized spacial score (nSPS) is 10.1. The van der Waals surface area contributed by atoms with E-state index in [2.05, 4.69) is 10.6 Å². The van der Waals surface area contributed by atoms with E-state index in [1.54, 1.807) is 36.4 Å². The number of hydrogen-bond acceptors (Lipinski definition) is 5. The summed E-state index contributed by atoms with van der Waals surface area (Å²) < 4.78 is 4.95. The zero-order valence-electron chi connectivity index (χ0n) is 16.0. The second kappa shape index (κ2) is 10.8. The van der Waals surface area contributed by atoms with Crippen LogP contribution < -0.4 is 10.6 Å². The number of benzene rings is 3. The molecule has 0 atom stereocenters. The number of ether oxygens (including phenoxy) is 1. The molecule has 0 aliphatic rings. The van der Waals surface area contributed by atoms with Crippen LogP contribution in [0.15, 0.2) is 94.7 Å². The van der Waals surface area contributed by atoms with E-state index in [1.165, 1.54) is 11.8 Å². The van der Waals surface area contributed by atoms with E-state index < -0.39 is 18.5 Å². The van der Waals surface area contributed by atoms with Gasteiger partial charge in [-0.2, -0.15) is 0 Å². The predicted molar refractivity (Wildman–Crippen MR) is 115 cm³/mol. The van der Waals surface area contributed by atoms with Gasteiger partial charge in [0.25, 0.3) is 11.8 Å². The minimum absolute atomic E-state index is 0.318. The Hall–Kier alpha value is -3.58. The van der Waals surface area contributed by atoms with Crippen molar-refractivity contribution in [2.24, 2.45) is 0 Å². The van der Waals surface area contributed by atoms with Crippen molar-refractivity contribution in [2.75, 3.05) is 18.5 Å². The quantitative estimate of drug-likeness (QED) is 0.542. The van der Waals surface area contributed by atoms with E-state index in [1.807, 2.05) is 48.5 Å². The molecule has 2 amide bonds. The van der Waals surface area contributed by atoms with Crippen molar-refractivity contribution < 1.29 is 19.1 Å². The molecule has 30 heavy (non-hydrogen) atoms. The number of esters is 1. The van der Waals surface area contributed by atoms with Crippen LogP contribution in [0.1, 0.15) is 10.4 Å². The van der Waals surface area contributed by atoms with Gasteiger partial charge in [0, 0.05) is 15.4 Å². The lowest BCUT2D eigenvalue weighted by Gasteiger charge is -2.11. The van der Waals surface area contributed by atoms with Gasteiger partial charge >= 0.3 is 5.97 Å². The van der Waals surface area contributed by atoms with Gasteiger partial charge in [-0.15, -0.1) is 0 Å². The molecule has 0 bridgehead atoms. The molecule has 0 aromatic heterocycles. The van der Waals surface area contributed by atoms with Gasteiger partial charge in [-0.3, -0.25) is 14.4 Å². The van der Waals surface area contributed by atoms with E-state index >= 15 is 0 Å². The summed E-state index contributed by atoms with van der Waals surface area (Å²) in [5.41, 5.74) is 1.07. The highest BCUT2D eigenvalue weighted by Gasteiger charge is 2.12. The maximum absolute atomic E-state index is 12.2. The Bertz CT molecular complexity index is 1010. The molecular formula is C23H20N2O4S. The Balaban J connectivity index is 1.47. The molecular weight excluding hydrogens is 400 g/mol. The smallest absolute Gasteiger partial charge is 0.325 e. The van der Waals surface area contributed by atoms with E-state index in [-0.39, 0.29) is 12.5 Å². The lowest BCUT2D eigenvalue weighted by atomic mass is 10.2. The summed E-state index contributed by atoms with van der Waals surface area (Å²) in [4.78, 5) is 37.8. The lowest BCUT2D eigenvalue weighted by molar-refractivity contribution is -0.146. The van der Waals surface area contributed by atoms with Crippen LogP contribution in [0, 0.1) is 0 Å². The van der Waals surface area contributed by atoms with Crippen LogP contribution in [-0.2, 0) is 14.3 Å². The van der Waals surface area contributed by atoms with Gasteiger partial charge in [0.1, 0.15) is 6.54 Å². The summed E-state index contributed by atoms with van der Waals surface area (Å²) in [7, 11) is 0. The van der Waals surface area contributed by atoms with E-state index in [9.17, 15) is 14.4 Å². The highest BCUT2D eigenvalue weighted by molar-refractivity contribution is 7.99. The summed E-state index contributed by atoms with van der Waals surface area (Å²) in [6, 6.07) is 25.7. The van der Waals surface area contributed by atoms with Crippen molar-refractivity contribution in [3.8, 4) is 0 Å². The van der Waals surface area contributed by atoms with Crippen LogP contribution in [-0.4, -0.2) is 30.9 Å². The third kappa shape index (κ3) is 6.49. The number of rotatable bonds is 8. The fraction of sp³-hybridized carbons (Fsp3) is 0.0870. The predicted octanol–water partition coefficient (Wildman–Crippen LogP) is 3.75. The number of amides is 2. The van der Waals surface area contributed by atoms with Crippen LogP contribution in [0.3, 0.4) is 0 Å². The highest BCUT2D eigenvalue weighted by Crippen LogP contribution is 2.33. The third-order valence-corrected chi connectivity index (χ3v) is 5.01. The number of para-hydroxylation sites is 1. The van der Waals surface area contributed by atoms with E-state index in [4.69, 9.17) is 4.74 Å². The number of anilines is 1. The second-order valence-corrected chi connectivity index (χ2v) is 7.28. The van der Waals surface area contributed by atoms with Crippen molar-refractivity contribution in [1.29, 1.82) is 0 Å². The zero-order chi connectivity index (χ0) is 21.2. The van der Waals surface area contributed by atoms with Crippen molar-refractivity contribution in [3.05, 3.63) is 90.5 Å². The van der Waals surface area contributed by atoms with Gasteiger partial charge in [0.2, 0.25) is 0 Å². The Labute approximate surface area is 178 Å². The summed E-state index contributed by atoms with van der Waals surface area (Å²) in [5.74, 6) is -1.54. The van der Waals surface area contributed by atoms with Crippen molar-refractivity contribution >= 4 is 35.2 Å². The molecule has 0 unspecified atom stereocenters. The standard InChI is InChI=1S/C23H20N2O4S/c26-21(16-29-22(27)15-24-23(28)17-9-3-1-4-10-17)25-19-13-7-8-14-20(19)30-18-11-5-2-6-12-18/h1-14H,15-16H2,(H,24,28)(H,25,26). The average Bonchev–Trinajstić information content (AvgIpc) is 2.78.